The Kier molecular flexibility index (Phi) is 5.86. The molecule has 0 aliphatic carbocycles. The molecular formula is C15H24N2O. The maximum Gasteiger partial charge on any atom is 0.234 e. The van der Waals surface area contributed by atoms with Gasteiger partial charge >= 0.3 is 0 Å². The van der Waals surface area contributed by atoms with Gasteiger partial charge in [-0.1, -0.05) is 30.3 Å². The highest BCUT2D eigenvalue weighted by Crippen LogP contribution is 2.06. The van der Waals surface area contributed by atoms with Gasteiger partial charge in [0, 0.05) is 12.1 Å². The van der Waals surface area contributed by atoms with E-state index in [-0.39, 0.29) is 11.9 Å². The molecule has 0 fully saturated rings. The van der Waals surface area contributed by atoms with Gasteiger partial charge in [-0.15, -0.1) is 0 Å². The molecule has 0 saturated heterocycles. The van der Waals surface area contributed by atoms with Crippen molar-refractivity contribution in [2.24, 2.45) is 0 Å². The van der Waals surface area contributed by atoms with Crippen LogP contribution in [0.1, 0.15) is 26.3 Å². The summed E-state index contributed by atoms with van der Waals surface area (Å²) in [6.07, 6.45) is 0.965. The first-order chi connectivity index (χ1) is 8.49. The second kappa shape index (κ2) is 7.17. The third kappa shape index (κ3) is 5.32. The van der Waals surface area contributed by atoms with Crippen LogP contribution in [0.2, 0.25) is 0 Å². The molecule has 1 amide bonds. The van der Waals surface area contributed by atoms with Crippen LogP contribution < -0.4 is 5.32 Å². The Labute approximate surface area is 110 Å². The van der Waals surface area contributed by atoms with E-state index in [1.54, 1.807) is 0 Å². The van der Waals surface area contributed by atoms with E-state index in [1.807, 2.05) is 39.1 Å². The fourth-order valence-corrected chi connectivity index (χ4v) is 1.86. The van der Waals surface area contributed by atoms with Crippen LogP contribution in [0.4, 0.5) is 0 Å². The summed E-state index contributed by atoms with van der Waals surface area (Å²) < 4.78 is 0. The van der Waals surface area contributed by atoms with Crippen molar-refractivity contribution in [3.8, 4) is 0 Å². The molecule has 0 bridgehead atoms. The van der Waals surface area contributed by atoms with Crippen molar-refractivity contribution in [2.45, 2.75) is 39.3 Å². The smallest absolute Gasteiger partial charge is 0.234 e. The summed E-state index contributed by atoms with van der Waals surface area (Å²) in [5.41, 5.74) is 1.31. The van der Waals surface area contributed by atoms with Gasteiger partial charge in [0.1, 0.15) is 0 Å². The summed E-state index contributed by atoms with van der Waals surface area (Å²) in [7, 11) is 1.99. The summed E-state index contributed by atoms with van der Waals surface area (Å²) in [5, 5.41) is 2.91. The Balaban J connectivity index is 2.42. The Hall–Kier alpha value is -1.35. The van der Waals surface area contributed by atoms with Crippen molar-refractivity contribution in [3.05, 3.63) is 35.9 Å². The maximum absolute atomic E-state index is 11.7. The molecule has 1 aromatic rings. The molecule has 1 atom stereocenters. The van der Waals surface area contributed by atoms with Gasteiger partial charge in [-0.25, -0.2) is 0 Å². The average Bonchev–Trinajstić information content (AvgIpc) is 2.28. The highest BCUT2D eigenvalue weighted by molar-refractivity contribution is 5.78. The zero-order valence-corrected chi connectivity index (χ0v) is 11.8. The van der Waals surface area contributed by atoms with E-state index < -0.39 is 0 Å². The molecule has 0 radical (unpaired) electrons. The van der Waals surface area contributed by atoms with Crippen molar-refractivity contribution in [3.63, 3.8) is 0 Å². The first-order valence-electron chi connectivity index (χ1n) is 6.52. The summed E-state index contributed by atoms with van der Waals surface area (Å²) in [5.74, 6) is 0.0902. The SMILES string of the molecule is CC(C)NC(=O)CN(C)[C@@H](C)Cc1ccccc1. The molecule has 3 nitrogen and oxygen atoms in total. The summed E-state index contributed by atoms with van der Waals surface area (Å²) in [4.78, 5) is 13.8. The van der Waals surface area contributed by atoms with E-state index >= 15 is 0 Å². The second-order valence-corrected chi connectivity index (χ2v) is 5.18. The average molecular weight is 248 g/mol. The number of carbonyl (C=O) groups excluding carboxylic acids is 1. The lowest BCUT2D eigenvalue weighted by molar-refractivity contribution is -0.122. The van der Waals surface area contributed by atoms with Crippen LogP contribution in [0.3, 0.4) is 0 Å². The lowest BCUT2D eigenvalue weighted by Crippen LogP contribution is -2.42. The normalized spacial score (nSPS) is 12.8. The van der Waals surface area contributed by atoms with Crippen molar-refractivity contribution >= 4 is 5.91 Å². The van der Waals surface area contributed by atoms with Gasteiger partial charge in [0.05, 0.1) is 6.54 Å². The number of hydrogen-bond acceptors (Lipinski definition) is 2. The van der Waals surface area contributed by atoms with E-state index in [0.29, 0.717) is 12.6 Å². The molecule has 0 spiro atoms. The molecule has 100 valence electrons. The number of nitrogens with zero attached hydrogens (tertiary/aromatic N) is 1. The molecular weight excluding hydrogens is 224 g/mol. The molecule has 18 heavy (non-hydrogen) atoms. The van der Waals surface area contributed by atoms with Gasteiger partial charge < -0.3 is 5.32 Å². The fraction of sp³-hybridized carbons (Fsp3) is 0.533. The molecule has 3 heteroatoms. The van der Waals surface area contributed by atoms with Gasteiger partial charge in [-0.3, -0.25) is 9.69 Å². The van der Waals surface area contributed by atoms with Crippen LogP contribution in [-0.2, 0) is 11.2 Å². The molecule has 1 N–H and O–H groups in total. The zero-order valence-electron chi connectivity index (χ0n) is 11.8. The van der Waals surface area contributed by atoms with Gasteiger partial charge in [-0.05, 0) is 39.8 Å². The van der Waals surface area contributed by atoms with E-state index in [4.69, 9.17) is 0 Å². The van der Waals surface area contributed by atoms with Crippen molar-refractivity contribution < 1.29 is 4.79 Å². The summed E-state index contributed by atoms with van der Waals surface area (Å²) >= 11 is 0. The number of benzene rings is 1. The van der Waals surface area contributed by atoms with E-state index in [9.17, 15) is 4.79 Å². The van der Waals surface area contributed by atoms with Gasteiger partial charge in [0.2, 0.25) is 5.91 Å². The van der Waals surface area contributed by atoms with Gasteiger partial charge in [-0.2, -0.15) is 0 Å². The molecule has 0 aliphatic heterocycles. The number of likely N-dealkylation sites (N-methyl/N-ethyl adjacent to an activating group) is 1. The Morgan fingerprint density at radius 3 is 2.39 bits per heavy atom. The maximum atomic E-state index is 11.7. The highest BCUT2D eigenvalue weighted by atomic mass is 16.2. The first kappa shape index (κ1) is 14.7. The number of amides is 1. The van der Waals surface area contributed by atoms with Crippen molar-refractivity contribution in [1.82, 2.24) is 10.2 Å². The first-order valence-corrected chi connectivity index (χ1v) is 6.52. The van der Waals surface area contributed by atoms with E-state index in [1.165, 1.54) is 5.56 Å². The largest absolute Gasteiger partial charge is 0.353 e. The van der Waals surface area contributed by atoms with Crippen LogP contribution in [0.5, 0.6) is 0 Å². The quantitative estimate of drug-likeness (QED) is 0.836. The van der Waals surface area contributed by atoms with Crippen LogP contribution in [-0.4, -0.2) is 36.5 Å². The number of nitrogens with one attached hydrogen (secondary N) is 1. The van der Waals surface area contributed by atoms with E-state index in [0.717, 1.165) is 6.42 Å². The third-order valence-corrected chi connectivity index (χ3v) is 2.97. The van der Waals surface area contributed by atoms with Crippen LogP contribution in [0.25, 0.3) is 0 Å². The molecule has 0 aliphatic rings. The zero-order chi connectivity index (χ0) is 13.5. The fourth-order valence-electron chi connectivity index (χ4n) is 1.86. The second-order valence-electron chi connectivity index (χ2n) is 5.18. The highest BCUT2D eigenvalue weighted by Gasteiger charge is 2.13. The molecule has 0 aromatic heterocycles. The summed E-state index contributed by atoms with van der Waals surface area (Å²) in [6, 6.07) is 10.9. The lowest BCUT2D eigenvalue weighted by atomic mass is 10.1. The molecule has 1 aromatic carbocycles. The predicted octanol–water partition coefficient (Wildman–Crippen LogP) is 2.07. The van der Waals surface area contributed by atoms with Crippen LogP contribution in [0, 0.1) is 0 Å². The molecule has 1 rings (SSSR count). The van der Waals surface area contributed by atoms with Crippen LogP contribution >= 0.6 is 0 Å². The number of carbonyl (C=O) groups is 1. The Bertz CT molecular complexity index is 362. The van der Waals surface area contributed by atoms with Crippen molar-refractivity contribution in [1.29, 1.82) is 0 Å². The monoisotopic (exact) mass is 248 g/mol. The Morgan fingerprint density at radius 2 is 1.83 bits per heavy atom. The predicted molar refractivity (Wildman–Crippen MR) is 75.5 cm³/mol. The molecule has 0 heterocycles. The molecule has 0 unspecified atom stereocenters. The van der Waals surface area contributed by atoms with E-state index in [2.05, 4.69) is 29.3 Å². The standard InChI is InChI=1S/C15H24N2O/c1-12(2)16-15(18)11-17(4)13(3)10-14-8-6-5-7-9-14/h5-9,12-13H,10-11H2,1-4H3,(H,16,18)/t13-/m0/s1. The Morgan fingerprint density at radius 1 is 1.22 bits per heavy atom. The number of hydrogen-bond donors (Lipinski definition) is 1. The van der Waals surface area contributed by atoms with Crippen molar-refractivity contribution in [2.75, 3.05) is 13.6 Å². The minimum Gasteiger partial charge on any atom is -0.353 e. The summed E-state index contributed by atoms with van der Waals surface area (Å²) in [6.45, 7) is 6.55. The minimum absolute atomic E-state index is 0.0902. The third-order valence-electron chi connectivity index (χ3n) is 2.97. The van der Waals surface area contributed by atoms with Gasteiger partial charge in [0.15, 0.2) is 0 Å². The molecule has 0 saturated carbocycles. The van der Waals surface area contributed by atoms with Gasteiger partial charge in [0.25, 0.3) is 0 Å². The lowest BCUT2D eigenvalue weighted by Gasteiger charge is -2.24. The van der Waals surface area contributed by atoms with Crippen LogP contribution in [0.15, 0.2) is 30.3 Å². The number of rotatable bonds is 6. The minimum atomic E-state index is 0.0902. The topological polar surface area (TPSA) is 32.3 Å².